The van der Waals surface area contributed by atoms with E-state index < -0.39 is 43.5 Å². The molecular weight excluding hydrogens is 610 g/mol. The fourth-order valence-electron chi connectivity index (χ4n) is 5.59. The van der Waals surface area contributed by atoms with E-state index in [9.17, 15) is 30.8 Å². The highest BCUT2D eigenvalue weighted by molar-refractivity contribution is 7.86. The number of carbonyl (C=O) groups is 1. The van der Waals surface area contributed by atoms with Crippen LogP contribution in [0.3, 0.4) is 0 Å². The molecule has 0 bridgehead atoms. The number of hydrogen-bond donors (Lipinski definition) is 2. The molecule has 2 unspecified atom stereocenters. The SMILES string of the molecule is CC(Nc1cc(CNC(=O)[N+]2(S(=O)(=O)c3ccc(F)cc3)CCC[C@H]2C)cc(-c2ccc(C(F)(F)F)cc2)n1)c1ccccn1. The lowest BCUT2D eigenvalue weighted by atomic mass is 10.1. The normalized spacial score (nSPS) is 19.2. The maximum atomic E-state index is 13.9. The summed E-state index contributed by atoms with van der Waals surface area (Å²) in [5, 5.41) is 6.04. The first-order chi connectivity index (χ1) is 21.3. The van der Waals surface area contributed by atoms with E-state index in [1.165, 1.54) is 12.1 Å². The highest BCUT2D eigenvalue weighted by Gasteiger charge is 2.56. The molecule has 13 heteroatoms. The zero-order chi connectivity index (χ0) is 32.4. The molecule has 236 valence electrons. The summed E-state index contributed by atoms with van der Waals surface area (Å²) in [4.78, 5) is 22.6. The van der Waals surface area contributed by atoms with Gasteiger partial charge in [-0.2, -0.15) is 21.6 Å². The molecule has 2 aromatic heterocycles. The number of halogens is 4. The van der Waals surface area contributed by atoms with Gasteiger partial charge >= 0.3 is 22.2 Å². The monoisotopic (exact) mass is 642 g/mol. The number of amides is 2. The quantitative estimate of drug-likeness (QED) is 0.158. The second kappa shape index (κ2) is 12.6. The summed E-state index contributed by atoms with van der Waals surface area (Å²) >= 11 is 0. The average molecular weight is 643 g/mol. The molecule has 3 heterocycles. The van der Waals surface area contributed by atoms with Gasteiger partial charge in [0.15, 0.2) is 0 Å². The van der Waals surface area contributed by atoms with Crippen molar-refractivity contribution >= 4 is 21.9 Å². The predicted octanol–water partition coefficient (Wildman–Crippen LogP) is 7.07. The molecule has 1 saturated heterocycles. The number of carbonyl (C=O) groups excluding carboxylic acids is 1. The van der Waals surface area contributed by atoms with Gasteiger partial charge in [0.25, 0.3) is 0 Å². The fraction of sp³-hybridized carbons (Fsp3) is 0.281. The van der Waals surface area contributed by atoms with Crippen LogP contribution >= 0.6 is 0 Å². The van der Waals surface area contributed by atoms with Gasteiger partial charge in [0, 0.05) is 31.1 Å². The van der Waals surface area contributed by atoms with Crippen molar-refractivity contribution < 1.29 is 34.7 Å². The first-order valence-corrected chi connectivity index (χ1v) is 15.8. The Bertz CT molecular complexity index is 1770. The van der Waals surface area contributed by atoms with Gasteiger partial charge in [-0.1, -0.05) is 18.2 Å². The molecular formula is C32H32F4N5O3S+. The van der Waals surface area contributed by atoms with Crippen LogP contribution in [0.4, 0.5) is 28.2 Å². The Hall–Kier alpha value is -4.36. The van der Waals surface area contributed by atoms with E-state index in [0.29, 0.717) is 35.5 Å². The van der Waals surface area contributed by atoms with Crippen molar-refractivity contribution in [2.75, 3.05) is 11.9 Å². The predicted molar refractivity (Wildman–Crippen MR) is 161 cm³/mol. The zero-order valence-electron chi connectivity index (χ0n) is 24.6. The molecule has 2 amide bonds. The number of likely N-dealkylation sites (tertiary alicyclic amines) is 1. The molecule has 0 spiro atoms. The highest BCUT2D eigenvalue weighted by atomic mass is 32.2. The first-order valence-electron chi connectivity index (χ1n) is 14.3. The Balaban J connectivity index is 1.46. The number of urea groups is 1. The second-order valence-corrected chi connectivity index (χ2v) is 13.1. The van der Waals surface area contributed by atoms with E-state index in [0.717, 1.165) is 42.1 Å². The van der Waals surface area contributed by atoms with Crippen LogP contribution in [0.15, 0.2) is 90.0 Å². The molecule has 8 nitrogen and oxygen atoms in total. The smallest absolute Gasteiger partial charge is 0.362 e. The minimum atomic E-state index is -4.50. The summed E-state index contributed by atoms with van der Waals surface area (Å²) in [6.45, 7) is 3.53. The Morgan fingerprint density at radius 3 is 2.36 bits per heavy atom. The Labute approximate surface area is 258 Å². The average Bonchev–Trinajstić information content (AvgIpc) is 3.42. The van der Waals surface area contributed by atoms with Gasteiger partial charge in [-0.25, -0.2) is 14.2 Å². The molecule has 1 fully saturated rings. The number of benzene rings is 2. The van der Waals surface area contributed by atoms with Crippen molar-refractivity contribution in [3.05, 3.63) is 108 Å². The van der Waals surface area contributed by atoms with E-state index in [4.69, 9.17) is 0 Å². The Kier molecular flexibility index (Phi) is 8.95. The fourth-order valence-corrected chi connectivity index (χ4v) is 7.68. The molecule has 1 aliphatic rings. The van der Waals surface area contributed by atoms with E-state index >= 15 is 0 Å². The number of aromatic nitrogens is 2. The van der Waals surface area contributed by atoms with Gasteiger partial charge in [-0.3, -0.25) is 4.98 Å². The molecule has 2 N–H and O–H groups in total. The minimum absolute atomic E-state index is 0.0499. The van der Waals surface area contributed by atoms with Crippen molar-refractivity contribution in [2.45, 2.75) is 56.4 Å². The van der Waals surface area contributed by atoms with Crippen LogP contribution in [0.5, 0.6) is 0 Å². The van der Waals surface area contributed by atoms with Crippen molar-refractivity contribution in [1.82, 2.24) is 15.3 Å². The summed E-state index contributed by atoms with van der Waals surface area (Å²) in [5.74, 6) is -0.213. The number of quaternary nitrogens is 1. The van der Waals surface area contributed by atoms with Crippen LogP contribution in [-0.4, -0.2) is 40.9 Å². The third kappa shape index (κ3) is 6.54. The lowest BCUT2D eigenvalue weighted by molar-refractivity contribution is -0.733. The third-order valence-corrected chi connectivity index (χ3v) is 10.5. The number of alkyl halides is 3. The van der Waals surface area contributed by atoms with Gasteiger partial charge in [0.2, 0.25) is 0 Å². The van der Waals surface area contributed by atoms with Gasteiger partial charge in [-0.05, 0) is 80.1 Å². The number of hydrogen-bond acceptors (Lipinski definition) is 6. The second-order valence-electron chi connectivity index (χ2n) is 11.0. The molecule has 2 aromatic carbocycles. The maximum Gasteiger partial charge on any atom is 0.432 e. The van der Waals surface area contributed by atoms with E-state index in [-0.39, 0.29) is 24.0 Å². The molecule has 45 heavy (non-hydrogen) atoms. The summed E-state index contributed by atoms with van der Waals surface area (Å²) in [5.41, 5.74) is 1.24. The van der Waals surface area contributed by atoms with Crippen LogP contribution in [0.2, 0.25) is 0 Å². The molecule has 0 radical (unpaired) electrons. The summed E-state index contributed by atoms with van der Waals surface area (Å²) in [6, 6.07) is 16.2. The highest BCUT2D eigenvalue weighted by Crippen LogP contribution is 2.36. The molecule has 0 saturated carbocycles. The van der Waals surface area contributed by atoms with Crippen LogP contribution in [0, 0.1) is 5.82 Å². The van der Waals surface area contributed by atoms with Gasteiger partial charge < -0.3 is 10.6 Å². The van der Waals surface area contributed by atoms with E-state index in [1.807, 2.05) is 19.1 Å². The number of sulfonamides is 1. The van der Waals surface area contributed by atoms with Crippen LogP contribution in [0.1, 0.15) is 49.6 Å². The zero-order valence-corrected chi connectivity index (χ0v) is 25.4. The van der Waals surface area contributed by atoms with Crippen LogP contribution in [0.25, 0.3) is 11.3 Å². The summed E-state index contributed by atoms with van der Waals surface area (Å²) in [7, 11) is -4.26. The van der Waals surface area contributed by atoms with Crippen molar-refractivity contribution in [2.24, 2.45) is 0 Å². The van der Waals surface area contributed by atoms with E-state index in [1.54, 1.807) is 31.3 Å². The number of rotatable bonds is 8. The van der Waals surface area contributed by atoms with Crippen LogP contribution in [-0.2, 0) is 22.7 Å². The lowest BCUT2D eigenvalue weighted by Gasteiger charge is -2.33. The number of nitrogens with zero attached hydrogens (tertiary/aromatic N) is 3. The van der Waals surface area contributed by atoms with Gasteiger partial charge in [0.05, 0.1) is 23.0 Å². The van der Waals surface area contributed by atoms with Gasteiger partial charge in [0.1, 0.15) is 29.1 Å². The lowest BCUT2D eigenvalue weighted by Crippen LogP contribution is -2.62. The maximum absolute atomic E-state index is 13.9. The number of nitrogens with one attached hydrogen (secondary N) is 2. The molecule has 5 rings (SSSR count). The number of pyridine rings is 2. The minimum Gasteiger partial charge on any atom is -0.362 e. The molecule has 3 atom stereocenters. The standard InChI is InChI=1S/C32H31F4N5O3S/c1-21-6-5-17-41(21,45(43,44)27-14-12-26(33)13-15-27)31(42)38-20-23-18-29(24-8-10-25(11-9-24)32(34,35)36)40-30(19-23)39-22(2)28-7-3-4-16-37-28/h3-4,7-16,18-19,21-22H,5-6,17,20H2,1-2H3,(H-,38,39,40,42)/p+1/t21-,22?,41?/m1/s1. The molecule has 4 aromatic rings. The number of anilines is 1. The van der Waals surface area contributed by atoms with Crippen molar-refractivity contribution in [3.8, 4) is 11.3 Å². The third-order valence-electron chi connectivity index (χ3n) is 8.04. The first kappa shape index (κ1) is 32.0. The molecule has 0 aliphatic carbocycles. The van der Waals surface area contributed by atoms with Crippen molar-refractivity contribution in [3.63, 3.8) is 0 Å². The van der Waals surface area contributed by atoms with Gasteiger partial charge in [-0.15, -0.1) is 3.89 Å². The van der Waals surface area contributed by atoms with Crippen LogP contribution < -0.4 is 10.6 Å². The Morgan fingerprint density at radius 1 is 1.04 bits per heavy atom. The largest absolute Gasteiger partial charge is 0.432 e. The van der Waals surface area contributed by atoms with E-state index in [2.05, 4.69) is 20.6 Å². The molecule has 1 aliphatic heterocycles. The topological polar surface area (TPSA) is 101 Å². The Morgan fingerprint density at radius 2 is 1.76 bits per heavy atom. The summed E-state index contributed by atoms with van der Waals surface area (Å²) in [6.07, 6.45) is -1.84. The van der Waals surface area contributed by atoms with Crippen molar-refractivity contribution in [1.29, 1.82) is 0 Å². The summed E-state index contributed by atoms with van der Waals surface area (Å²) < 4.78 is 80.0.